The lowest BCUT2D eigenvalue weighted by atomic mass is 10.3. The number of aromatic amines is 1. The van der Waals surface area contributed by atoms with Crippen molar-refractivity contribution in [2.45, 2.75) is 25.7 Å². The molecule has 9 heteroatoms. The maximum atomic E-state index is 12.5. The Morgan fingerprint density at radius 1 is 1.27 bits per heavy atom. The van der Waals surface area contributed by atoms with Gasteiger partial charge in [0.15, 0.2) is 11.5 Å². The highest BCUT2D eigenvalue weighted by Crippen LogP contribution is 2.22. The van der Waals surface area contributed by atoms with E-state index in [2.05, 4.69) is 25.0 Å². The van der Waals surface area contributed by atoms with Crippen LogP contribution < -0.4 is 4.72 Å². The van der Waals surface area contributed by atoms with Gasteiger partial charge in [0.2, 0.25) is 0 Å². The van der Waals surface area contributed by atoms with Crippen LogP contribution in [0.1, 0.15) is 17.0 Å². The van der Waals surface area contributed by atoms with Crippen LogP contribution in [0.15, 0.2) is 17.2 Å². The number of hydrogen-bond acceptors (Lipinski definition) is 5. The van der Waals surface area contributed by atoms with Crippen LogP contribution in [0.2, 0.25) is 0 Å². The normalized spacial score (nSPS) is 12.0. The minimum absolute atomic E-state index is 0.0798. The lowest BCUT2D eigenvalue weighted by molar-refractivity contribution is 0.600. The fraction of sp³-hybridized carbons (Fsp3) is 0.308. The van der Waals surface area contributed by atoms with Gasteiger partial charge in [0.1, 0.15) is 4.90 Å². The Morgan fingerprint density at radius 3 is 2.64 bits per heavy atom. The summed E-state index contributed by atoms with van der Waals surface area (Å²) < 4.78 is 29.1. The van der Waals surface area contributed by atoms with Crippen LogP contribution in [0.4, 0.5) is 5.82 Å². The summed E-state index contributed by atoms with van der Waals surface area (Å²) in [4.78, 5) is 4.27. The minimum Gasteiger partial charge on any atom is -0.280 e. The summed E-state index contributed by atoms with van der Waals surface area (Å²) in [7, 11) is -1.99. The van der Waals surface area contributed by atoms with E-state index in [1.54, 1.807) is 24.7 Å². The van der Waals surface area contributed by atoms with Gasteiger partial charge in [-0.25, -0.2) is 13.4 Å². The zero-order valence-electron chi connectivity index (χ0n) is 12.7. The number of aromatic nitrogens is 5. The molecule has 22 heavy (non-hydrogen) atoms. The van der Waals surface area contributed by atoms with Gasteiger partial charge in [-0.1, -0.05) is 0 Å². The second kappa shape index (κ2) is 4.80. The third-order valence-corrected chi connectivity index (χ3v) is 4.94. The average Bonchev–Trinajstić information content (AvgIpc) is 2.92. The fourth-order valence-electron chi connectivity index (χ4n) is 2.21. The van der Waals surface area contributed by atoms with Crippen LogP contribution in [-0.4, -0.2) is 33.4 Å². The van der Waals surface area contributed by atoms with Gasteiger partial charge in [-0.15, -0.1) is 0 Å². The molecular formula is C13H16N6O2S. The number of anilines is 1. The molecule has 3 aromatic rings. The quantitative estimate of drug-likeness (QED) is 0.759. The van der Waals surface area contributed by atoms with E-state index in [4.69, 9.17) is 0 Å². The molecule has 116 valence electrons. The van der Waals surface area contributed by atoms with Crippen molar-refractivity contribution in [1.82, 2.24) is 25.0 Å². The standard InChI is InChI=1S/C13H16N6O2S/c1-7-8(2)15-16-12(7)18-22(20,21)10-5-11-9(3)17-19(4)13(11)14-6-10/h5-6H,1-4H3,(H2,15,16,18). The highest BCUT2D eigenvalue weighted by atomic mass is 32.2. The molecule has 8 nitrogen and oxygen atoms in total. The van der Waals surface area contributed by atoms with Gasteiger partial charge < -0.3 is 0 Å². The largest absolute Gasteiger partial charge is 0.280 e. The number of nitrogens with one attached hydrogen (secondary N) is 2. The molecule has 0 amide bonds. The molecule has 0 spiro atoms. The van der Waals surface area contributed by atoms with E-state index in [-0.39, 0.29) is 4.90 Å². The number of pyridine rings is 1. The summed E-state index contributed by atoms with van der Waals surface area (Å²) in [6.07, 6.45) is 1.32. The molecule has 0 saturated carbocycles. The van der Waals surface area contributed by atoms with E-state index in [1.165, 1.54) is 6.20 Å². The Morgan fingerprint density at radius 2 is 2.00 bits per heavy atom. The maximum Gasteiger partial charge on any atom is 0.264 e. The molecule has 0 aliphatic carbocycles. The second-order valence-corrected chi connectivity index (χ2v) is 6.86. The molecule has 0 aromatic carbocycles. The lowest BCUT2D eigenvalue weighted by Gasteiger charge is -2.06. The summed E-state index contributed by atoms with van der Waals surface area (Å²) in [6.45, 7) is 5.44. The number of aryl methyl sites for hydroxylation is 3. The van der Waals surface area contributed by atoms with E-state index in [1.807, 2.05) is 13.8 Å². The van der Waals surface area contributed by atoms with Gasteiger partial charge >= 0.3 is 0 Å². The van der Waals surface area contributed by atoms with Crippen molar-refractivity contribution < 1.29 is 8.42 Å². The molecule has 0 saturated heterocycles. The van der Waals surface area contributed by atoms with Crippen LogP contribution in [0, 0.1) is 20.8 Å². The predicted molar refractivity (Wildman–Crippen MR) is 82.1 cm³/mol. The molecule has 0 atom stereocenters. The number of hydrogen-bond donors (Lipinski definition) is 2. The van der Waals surface area contributed by atoms with Gasteiger partial charge in [-0.05, 0) is 26.8 Å². The van der Waals surface area contributed by atoms with Gasteiger partial charge in [0.25, 0.3) is 10.0 Å². The predicted octanol–water partition coefficient (Wildman–Crippen LogP) is 1.42. The molecule has 3 aromatic heterocycles. The van der Waals surface area contributed by atoms with Gasteiger partial charge in [-0.2, -0.15) is 10.2 Å². The Balaban J connectivity index is 2.05. The SMILES string of the molecule is Cc1[nH]nc(NS(=O)(=O)c2cnc3c(c2)c(C)nn3C)c1C. The van der Waals surface area contributed by atoms with Crippen molar-refractivity contribution in [2.24, 2.45) is 7.05 Å². The molecule has 3 heterocycles. The van der Waals surface area contributed by atoms with Gasteiger partial charge in [-0.3, -0.25) is 14.5 Å². The van der Waals surface area contributed by atoms with E-state index < -0.39 is 10.0 Å². The summed E-state index contributed by atoms with van der Waals surface area (Å²) >= 11 is 0. The van der Waals surface area contributed by atoms with E-state index in [0.29, 0.717) is 16.9 Å². The molecule has 0 fully saturated rings. The Hall–Kier alpha value is -2.42. The zero-order chi connectivity index (χ0) is 16.1. The highest BCUT2D eigenvalue weighted by molar-refractivity contribution is 7.92. The average molecular weight is 320 g/mol. The first-order chi connectivity index (χ1) is 10.3. The van der Waals surface area contributed by atoms with Crippen molar-refractivity contribution in [3.8, 4) is 0 Å². The Labute approximate surface area is 127 Å². The number of nitrogens with zero attached hydrogens (tertiary/aromatic N) is 4. The van der Waals surface area contributed by atoms with Crippen LogP contribution in [-0.2, 0) is 17.1 Å². The Bertz CT molecular complexity index is 970. The fourth-order valence-corrected chi connectivity index (χ4v) is 3.24. The molecule has 0 aliphatic heterocycles. The second-order valence-electron chi connectivity index (χ2n) is 5.18. The summed E-state index contributed by atoms with van der Waals surface area (Å²) in [5.41, 5.74) is 2.95. The van der Waals surface area contributed by atoms with Crippen LogP contribution >= 0.6 is 0 Å². The third-order valence-electron chi connectivity index (χ3n) is 3.63. The van der Waals surface area contributed by atoms with Crippen molar-refractivity contribution >= 4 is 26.9 Å². The van der Waals surface area contributed by atoms with E-state index in [9.17, 15) is 8.42 Å². The number of sulfonamides is 1. The topological polar surface area (TPSA) is 106 Å². The van der Waals surface area contributed by atoms with Gasteiger partial charge in [0.05, 0.1) is 5.69 Å². The van der Waals surface area contributed by atoms with Crippen molar-refractivity contribution in [2.75, 3.05) is 4.72 Å². The summed E-state index contributed by atoms with van der Waals surface area (Å²) in [5, 5.41) is 11.6. The monoisotopic (exact) mass is 320 g/mol. The number of fused-ring (bicyclic) bond motifs is 1. The Kier molecular flexibility index (Phi) is 3.17. The van der Waals surface area contributed by atoms with Crippen molar-refractivity contribution in [3.05, 3.63) is 29.2 Å². The van der Waals surface area contributed by atoms with Crippen LogP contribution in [0.5, 0.6) is 0 Å². The number of rotatable bonds is 3. The molecule has 2 N–H and O–H groups in total. The highest BCUT2D eigenvalue weighted by Gasteiger charge is 2.20. The molecule has 0 bridgehead atoms. The van der Waals surface area contributed by atoms with Crippen molar-refractivity contribution in [3.63, 3.8) is 0 Å². The zero-order valence-corrected chi connectivity index (χ0v) is 13.5. The van der Waals surface area contributed by atoms with Crippen molar-refractivity contribution in [1.29, 1.82) is 0 Å². The van der Waals surface area contributed by atoms with Crippen LogP contribution in [0.25, 0.3) is 11.0 Å². The number of H-pyrrole nitrogens is 1. The molecule has 0 radical (unpaired) electrons. The third kappa shape index (κ3) is 2.23. The first-order valence-corrected chi connectivity index (χ1v) is 8.11. The minimum atomic E-state index is -3.75. The van der Waals surface area contributed by atoms with E-state index in [0.717, 1.165) is 17.0 Å². The van der Waals surface area contributed by atoms with Crippen LogP contribution in [0.3, 0.4) is 0 Å². The smallest absolute Gasteiger partial charge is 0.264 e. The van der Waals surface area contributed by atoms with E-state index >= 15 is 0 Å². The molecule has 0 aliphatic rings. The summed E-state index contributed by atoms with van der Waals surface area (Å²) in [6, 6.07) is 1.57. The summed E-state index contributed by atoms with van der Waals surface area (Å²) in [5.74, 6) is 0.292. The molecule has 3 rings (SSSR count). The molecular weight excluding hydrogens is 304 g/mol. The van der Waals surface area contributed by atoms with Gasteiger partial charge in [0, 0.05) is 29.9 Å². The first-order valence-electron chi connectivity index (χ1n) is 6.63. The lowest BCUT2D eigenvalue weighted by Crippen LogP contribution is -2.14. The molecule has 0 unspecified atom stereocenters. The maximum absolute atomic E-state index is 12.5. The first kappa shape index (κ1) is 14.5.